The van der Waals surface area contributed by atoms with Gasteiger partial charge < -0.3 is 15.0 Å². The highest BCUT2D eigenvalue weighted by atomic mass is 32.2. The lowest BCUT2D eigenvalue weighted by atomic mass is 10.1. The summed E-state index contributed by atoms with van der Waals surface area (Å²) in [5.41, 5.74) is -0.347. The van der Waals surface area contributed by atoms with Crippen molar-refractivity contribution < 1.29 is 35.9 Å². The van der Waals surface area contributed by atoms with Crippen molar-refractivity contribution in [2.75, 3.05) is 30.8 Å². The van der Waals surface area contributed by atoms with Crippen LogP contribution in [0, 0.1) is 0 Å². The Hall–Kier alpha value is -3.28. The number of anilines is 1. The highest BCUT2D eigenvalue weighted by molar-refractivity contribution is 7.92. The molecule has 0 bridgehead atoms. The molecule has 38 heavy (non-hydrogen) atoms. The lowest BCUT2D eigenvalue weighted by Gasteiger charge is -2.31. The molecule has 1 N–H and O–H groups in total. The summed E-state index contributed by atoms with van der Waals surface area (Å²) in [5.74, 6) is -0.0483. The predicted octanol–water partition coefficient (Wildman–Crippen LogP) is 4.20. The first-order valence-electron chi connectivity index (χ1n) is 12.2. The fraction of sp³-hybridized carbons (Fsp3) is 0.462. The van der Waals surface area contributed by atoms with E-state index in [2.05, 4.69) is 5.32 Å². The van der Waals surface area contributed by atoms with Gasteiger partial charge in [-0.1, -0.05) is 25.1 Å². The van der Waals surface area contributed by atoms with Gasteiger partial charge in [0.25, 0.3) is 0 Å². The molecule has 2 aromatic carbocycles. The van der Waals surface area contributed by atoms with Crippen LogP contribution in [-0.4, -0.2) is 57.6 Å². The molecule has 2 rings (SSSR count). The van der Waals surface area contributed by atoms with Gasteiger partial charge in [0.05, 0.1) is 24.6 Å². The largest absolute Gasteiger partial charge is 0.497 e. The number of halogens is 3. The normalized spacial score (nSPS) is 12.5. The maximum Gasteiger partial charge on any atom is 0.416 e. The Morgan fingerprint density at radius 1 is 1.08 bits per heavy atom. The SMILES string of the molecule is CCNC(=O)[C@H](CC)N(Cc1ccc(OC)cc1)C(=O)CCCN(c1cccc(C(F)(F)F)c1)S(C)(=O)=O. The van der Waals surface area contributed by atoms with Gasteiger partial charge in [-0.25, -0.2) is 8.42 Å². The third-order valence-corrected chi connectivity index (χ3v) is 7.06. The molecule has 0 aromatic heterocycles. The number of hydrogen-bond donors (Lipinski definition) is 1. The average Bonchev–Trinajstić information content (AvgIpc) is 2.85. The van der Waals surface area contributed by atoms with E-state index in [-0.39, 0.29) is 43.4 Å². The van der Waals surface area contributed by atoms with Crippen molar-refractivity contribution in [3.8, 4) is 5.75 Å². The molecule has 0 radical (unpaired) electrons. The van der Waals surface area contributed by atoms with Crippen LogP contribution in [0.5, 0.6) is 5.75 Å². The zero-order valence-corrected chi connectivity index (χ0v) is 22.7. The number of hydrogen-bond acceptors (Lipinski definition) is 5. The maximum absolute atomic E-state index is 13.3. The van der Waals surface area contributed by atoms with Crippen LogP contribution in [0.2, 0.25) is 0 Å². The van der Waals surface area contributed by atoms with E-state index in [0.717, 1.165) is 34.3 Å². The molecule has 0 fully saturated rings. The number of rotatable bonds is 13. The van der Waals surface area contributed by atoms with Gasteiger partial charge in [0.2, 0.25) is 21.8 Å². The number of carbonyl (C=O) groups is 2. The van der Waals surface area contributed by atoms with Crippen LogP contribution in [0.15, 0.2) is 48.5 Å². The van der Waals surface area contributed by atoms with Crippen LogP contribution in [0.4, 0.5) is 18.9 Å². The van der Waals surface area contributed by atoms with Crippen LogP contribution in [0.1, 0.15) is 44.2 Å². The Morgan fingerprint density at radius 3 is 2.26 bits per heavy atom. The number of methoxy groups -OCH3 is 1. The maximum atomic E-state index is 13.3. The number of nitrogens with one attached hydrogen (secondary N) is 1. The number of likely N-dealkylation sites (N-methyl/N-ethyl adjacent to an activating group) is 1. The monoisotopic (exact) mass is 557 g/mol. The molecule has 0 aliphatic carbocycles. The Labute approximate surface area is 221 Å². The minimum atomic E-state index is -4.63. The number of carbonyl (C=O) groups excluding carboxylic acids is 2. The number of nitrogens with zero attached hydrogens (tertiary/aromatic N) is 2. The number of ether oxygens (including phenoxy) is 1. The number of sulfonamides is 1. The Bertz CT molecular complexity index is 1190. The number of amides is 2. The van der Waals surface area contributed by atoms with Crippen molar-refractivity contribution in [2.45, 2.75) is 51.9 Å². The quantitative estimate of drug-likeness (QED) is 0.398. The summed E-state index contributed by atoms with van der Waals surface area (Å²) in [6, 6.07) is 10.3. The summed E-state index contributed by atoms with van der Waals surface area (Å²) >= 11 is 0. The van der Waals surface area contributed by atoms with Gasteiger partial charge in [-0.3, -0.25) is 13.9 Å². The highest BCUT2D eigenvalue weighted by Gasteiger charge is 2.32. The zero-order valence-electron chi connectivity index (χ0n) is 21.9. The third-order valence-electron chi connectivity index (χ3n) is 5.86. The second kappa shape index (κ2) is 13.5. The summed E-state index contributed by atoms with van der Waals surface area (Å²) in [4.78, 5) is 27.5. The van der Waals surface area contributed by atoms with Crippen LogP contribution in [-0.2, 0) is 32.3 Å². The molecule has 0 saturated carbocycles. The van der Waals surface area contributed by atoms with E-state index in [4.69, 9.17) is 4.74 Å². The summed E-state index contributed by atoms with van der Waals surface area (Å²) < 4.78 is 70.3. The topological polar surface area (TPSA) is 96.0 Å². The van der Waals surface area contributed by atoms with E-state index in [1.54, 1.807) is 38.1 Å². The lowest BCUT2D eigenvalue weighted by Crippen LogP contribution is -2.49. The van der Waals surface area contributed by atoms with Gasteiger partial charge in [-0.2, -0.15) is 13.2 Å². The molecule has 2 aromatic rings. The number of alkyl halides is 3. The van der Waals surface area contributed by atoms with Crippen molar-refractivity contribution in [1.82, 2.24) is 10.2 Å². The third kappa shape index (κ3) is 8.64. The van der Waals surface area contributed by atoms with Crippen LogP contribution in [0.25, 0.3) is 0 Å². The number of benzene rings is 2. The molecule has 8 nitrogen and oxygen atoms in total. The van der Waals surface area contributed by atoms with Crippen LogP contribution >= 0.6 is 0 Å². The van der Waals surface area contributed by atoms with Crippen molar-refractivity contribution in [3.05, 3.63) is 59.7 Å². The zero-order chi connectivity index (χ0) is 28.5. The summed E-state index contributed by atoms with van der Waals surface area (Å²) in [6.45, 7) is 3.88. The summed E-state index contributed by atoms with van der Waals surface area (Å²) in [5, 5.41) is 2.74. The lowest BCUT2D eigenvalue weighted by molar-refractivity contribution is -0.141. The molecular weight excluding hydrogens is 523 g/mol. The van der Waals surface area contributed by atoms with E-state index >= 15 is 0 Å². The van der Waals surface area contributed by atoms with E-state index in [9.17, 15) is 31.2 Å². The van der Waals surface area contributed by atoms with Crippen molar-refractivity contribution in [1.29, 1.82) is 0 Å². The van der Waals surface area contributed by atoms with E-state index in [0.29, 0.717) is 18.7 Å². The van der Waals surface area contributed by atoms with Crippen LogP contribution < -0.4 is 14.4 Å². The van der Waals surface area contributed by atoms with Gasteiger partial charge in [-0.15, -0.1) is 0 Å². The summed E-state index contributed by atoms with van der Waals surface area (Å²) in [6.07, 6.45) is -3.46. The first-order valence-corrected chi connectivity index (χ1v) is 14.0. The van der Waals surface area contributed by atoms with Gasteiger partial charge in [0.15, 0.2) is 0 Å². The molecule has 210 valence electrons. The highest BCUT2D eigenvalue weighted by Crippen LogP contribution is 2.32. The second-order valence-electron chi connectivity index (χ2n) is 8.68. The molecule has 12 heteroatoms. The second-order valence-corrected chi connectivity index (χ2v) is 10.6. The van der Waals surface area contributed by atoms with Gasteiger partial charge in [0, 0.05) is 26.1 Å². The molecule has 0 spiro atoms. The van der Waals surface area contributed by atoms with Crippen molar-refractivity contribution >= 4 is 27.5 Å². The molecule has 2 amide bonds. The predicted molar refractivity (Wildman–Crippen MR) is 139 cm³/mol. The summed E-state index contributed by atoms with van der Waals surface area (Å²) in [7, 11) is -2.40. The Kier molecular flexibility index (Phi) is 11.0. The fourth-order valence-electron chi connectivity index (χ4n) is 3.98. The Morgan fingerprint density at radius 2 is 1.74 bits per heavy atom. The average molecular weight is 558 g/mol. The van der Waals surface area contributed by atoms with Crippen molar-refractivity contribution in [2.24, 2.45) is 0 Å². The van der Waals surface area contributed by atoms with E-state index in [1.165, 1.54) is 18.1 Å². The van der Waals surface area contributed by atoms with Gasteiger partial charge in [0.1, 0.15) is 11.8 Å². The minimum Gasteiger partial charge on any atom is -0.497 e. The molecular formula is C26H34F3N3O5S. The standard InChI is InChI=1S/C26H34F3N3O5S/c1-5-23(25(34)30-6-2)31(18-19-12-14-22(37-3)15-13-19)24(33)11-8-16-32(38(4,35)36)21-10-7-9-20(17-21)26(27,28)29/h7,9-10,12-15,17,23H,5-6,8,11,16,18H2,1-4H3,(H,30,34)/t23-/m0/s1. The molecule has 0 aliphatic rings. The first-order chi connectivity index (χ1) is 17.8. The van der Waals surface area contributed by atoms with E-state index < -0.39 is 27.8 Å². The molecule has 0 aliphatic heterocycles. The van der Waals surface area contributed by atoms with Gasteiger partial charge >= 0.3 is 6.18 Å². The first kappa shape index (κ1) is 30.9. The fourth-order valence-corrected chi connectivity index (χ4v) is 4.94. The molecule has 0 heterocycles. The smallest absolute Gasteiger partial charge is 0.416 e. The molecule has 1 atom stereocenters. The van der Waals surface area contributed by atoms with Gasteiger partial charge in [-0.05, 0) is 55.7 Å². The van der Waals surface area contributed by atoms with Crippen molar-refractivity contribution in [3.63, 3.8) is 0 Å². The molecule has 0 saturated heterocycles. The molecule has 0 unspecified atom stereocenters. The van der Waals surface area contributed by atoms with Crippen LogP contribution in [0.3, 0.4) is 0 Å². The minimum absolute atomic E-state index is 0.0348. The van der Waals surface area contributed by atoms with E-state index in [1.807, 2.05) is 0 Å². The Balaban J connectivity index is 2.24.